The molecule has 10 heavy (non-hydrogen) atoms. The average molecular weight is 143 g/mol. The fourth-order valence-corrected chi connectivity index (χ4v) is 1.06. The highest BCUT2D eigenvalue weighted by atomic mass is 16.3. The van der Waals surface area contributed by atoms with Crippen molar-refractivity contribution in [2.45, 2.75) is 38.5 Å². The molecule has 1 saturated carbocycles. The van der Waals surface area contributed by atoms with Crippen LogP contribution in [-0.4, -0.2) is 6.41 Å². The molecule has 1 aliphatic rings. The minimum atomic E-state index is -0.0556. The van der Waals surface area contributed by atoms with Gasteiger partial charge in [0, 0.05) is 5.18 Å². The van der Waals surface area contributed by atoms with Crippen molar-refractivity contribution in [3.63, 3.8) is 0 Å². The summed E-state index contributed by atoms with van der Waals surface area (Å²) >= 11 is 0. The molecule has 3 nitrogen and oxygen atoms in total. The number of rotatable bonds is 1. The van der Waals surface area contributed by atoms with Crippen LogP contribution in [0.25, 0.3) is 0 Å². The number of carbonyl (C=O) groups excluding carboxylic acids is 1. The number of hydrogen-bond donors (Lipinski definition) is 0. The van der Waals surface area contributed by atoms with Crippen molar-refractivity contribution in [1.29, 1.82) is 0 Å². The second-order valence-corrected chi connectivity index (χ2v) is 2.33. The lowest BCUT2D eigenvalue weighted by Gasteiger charge is -2.05. The molecule has 1 rings (SSSR count). The van der Waals surface area contributed by atoms with Gasteiger partial charge in [0.15, 0.2) is 0 Å². The van der Waals surface area contributed by atoms with E-state index in [2.05, 4.69) is 0 Å². The van der Waals surface area contributed by atoms with Crippen LogP contribution in [0.1, 0.15) is 38.5 Å². The number of amides is 1. The lowest BCUT2D eigenvalue weighted by Crippen LogP contribution is -1.85. The van der Waals surface area contributed by atoms with Crippen molar-refractivity contribution in [2.75, 3.05) is 0 Å². The Bertz CT molecular complexity index is 72.1. The Labute approximate surface area is 60.8 Å². The van der Waals surface area contributed by atoms with E-state index in [1.165, 1.54) is 38.5 Å². The Morgan fingerprint density at radius 2 is 1.10 bits per heavy atom. The lowest BCUT2D eigenvalue weighted by molar-refractivity contribution is -0.106. The van der Waals surface area contributed by atoms with Crippen LogP contribution in [0.15, 0.2) is 5.18 Å². The summed E-state index contributed by atoms with van der Waals surface area (Å²) in [7, 11) is 0. The molecule has 58 valence electrons. The van der Waals surface area contributed by atoms with E-state index in [4.69, 9.17) is 9.70 Å². The van der Waals surface area contributed by atoms with E-state index in [1.807, 2.05) is 0 Å². The minimum Gasteiger partial charge on any atom is -0.273 e. The molecule has 0 bridgehead atoms. The highest BCUT2D eigenvalue weighted by molar-refractivity contribution is 5.46. The van der Waals surface area contributed by atoms with Crippen LogP contribution in [0.3, 0.4) is 0 Å². The van der Waals surface area contributed by atoms with E-state index in [0.717, 1.165) is 0 Å². The molecule has 0 unspecified atom stereocenters. The summed E-state index contributed by atoms with van der Waals surface area (Å²) in [4.78, 5) is 17.2. The summed E-state index contributed by atoms with van der Waals surface area (Å²) in [6, 6.07) is 0. The smallest absolute Gasteiger partial charge is 0.273 e. The van der Waals surface area contributed by atoms with Gasteiger partial charge in [-0.1, -0.05) is 38.5 Å². The molecule has 0 N–H and O–H groups in total. The van der Waals surface area contributed by atoms with Crippen LogP contribution in [-0.2, 0) is 4.79 Å². The van der Waals surface area contributed by atoms with Crippen LogP contribution >= 0.6 is 0 Å². The van der Waals surface area contributed by atoms with Gasteiger partial charge in [0.25, 0.3) is 6.41 Å². The minimum absolute atomic E-state index is 0.0556. The van der Waals surface area contributed by atoms with E-state index in [0.29, 0.717) is 0 Å². The summed E-state index contributed by atoms with van der Waals surface area (Å²) < 4.78 is 0. The van der Waals surface area contributed by atoms with Gasteiger partial charge in [-0.05, 0) is 0 Å². The maximum Gasteiger partial charge on any atom is 0.274 e. The third-order valence-electron chi connectivity index (χ3n) is 1.54. The highest BCUT2D eigenvalue weighted by Crippen LogP contribution is 2.15. The Hall–Kier alpha value is -0.730. The van der Waals surface area contributed by atoms with Crippen LogP contribution in [0, 0.1) is 4.91 Å². The fraction of sp³-hybridized carbons (Fsp3) is 0.857. The van der Waals surface area contributed by atoms with Gasteiger partial charge < -0.3 is 0 Å². The zero-order chi connectivity index (χ0) is 7.66. The third-order valence-corrected chi connectivity index (χ3v) is 1.54. The summed E-state index contributed by atoms with van der Waals surface area (Å²) in [6.07, 6.45) is 8.94. The normalized spacial score (nSPS) is 16.4. The summed E-state index contributed by atoms with van der Waals surface area (Å²) in [5, 5.41) is 1.81. The molecule has 0 aromatic rings. The Morgan fingerprint density at radius 1 is 0.900 bits per heavy atom. The maximum atomic E-state index is 8.69. The molecule has 1 aliphatic carbocycles. The summed E-state index contributed by atoms with van der Waals surface area (Å²) in [5.74, 6) is 0. The third kappa shape index (κ3) is 7.27. The molecule has 0 atom stereocenters. The number of nitroso groups, excluding NO2 is 1. The molecular formula is C7H13NO2. The second kappa shape index (κ2) is 8.27. The summed E-state index contributed by atoms with van der Waals surface area (Å²) in [5.41, 5.74) is 0. The molecule has 0 saturated heterocycles. The van der Waals surface area contributed by atoms with E-state index < -0.39 is 0 Å². The van der Waals surface area contributed by atoms with Crippen molar-refractivity contribution in [2.24, 2.45) is 5.18 Å². The van der Waals surface area contributed by atoms with Crippen LogP contribution in [0.2, 0.25) is 0 Å². The molecule has 1 fully saturated rings. The monoisotopic (exact) mass is 143 g/mol. The van der Waals surface area contributed by atoms with Crippen LogP contribution in [0.4, 0.5) is 0 Å². The molecule has 1 amide bonds. The van der Waals surface area contributed by atoms with Gasteiger partial charge in [0.2, 0.25) is 0 Å². The van der Waals surface area contributed by atoms with Crippen molar-refractivity contribution >= 4 is 6.41 Å². The van der Waals surface area contributed by atoms with Crippen molar-refractivity contribution in [3.8, 4) is 0 Å². The second-order valence-electron chi connectivity index (χ2n) is 2.33. The van der Waals surface area contributed by atoms with Gasteiger partial charge in [0.05, 0.1) is 0 Å². The molecule has 0 radical (unpaired) electrons. The van der Waals surface area contributed by atoms with E-state index in [9.17, 15) is 0 Å². The number of nitrogens with zero attached hydrogens (tertiary/aromatic N) is 1. The first-order chi connectivity index (χ1) is 4.91. The van der Waals surface area contributed by atoms with Crippen LogP contribution in [0.5, 0.6) is 0 Å². The molecule has 0 aromatic carbocycles. The first-order valence-electron chi connectivity index (χ1n) is 3.68. The quantitative estimate of drug-likeness (QED) is 0.417. The topological polar surface area (TPSA) is 46.5 Å². The molecule has 0 aliphatic heterocycles. The van der Waals surface area contributed by atoms with E-state index >= 15 is 0 Å². The van der Waals surface area contributed by atoms with Gasteiger partial charge in [-0.2, -0.15) is 0 Å². The van der Waals surface area contributed by atoms with Gasteiger partial charge >= 0.3 is 0 Å². The molecule has 3 heteroatoms. The van der Waals surface area contributed by atoms with Crippen molar-refractivity contribution in [1.82, 2.24) is 0 Å². The first kappa shape index (κ1) is 9.27. The molecule has 0 aromatic heterocycles. The highest BCUT2D eigenvalue weighted by Gasteiger charge is 1.95. The van der Waals surface area contributed by atoms with E-state index in [-0.39, 0.29) is 6.41 Å². The molecule has 0 spiro atoms. The Balaban J connectivity index is 0.000000180. The standard InChI is InChI=1S/C6H12.CHNO2/c1-2-4-6-5-3-1;3-1-2-4/h1-6H2;1H. The zero-order valence-electron chi connectivity index (χ0n) is 6.08. The number of hydrogen-bond acceptors (Lipinski definition) is 2. The molecular weight excluding hydrogens is 130 g/mol. The van der Waals surface area contributed by atoms with Crippen LogP contribution < -0.4 is 0 Å². The zero-order valence-corrected chi connectivity index (χ0v) is 6.08. The Kier molecular flexibility index (Phi) is 7.67. The average Bonchev–Trinajstić information content (AvgIpc) is 2.08. The molecule has 0 heterocycles. The lowest BCUT2D eigenvalue weighted by atomic mass is 10.0. The fourth-order valence-electron chi connectivity index (χ4n) is 1.06. The van der Waals surface area contributed by atoms with Gasteiger partial charge in [-0.25, -0.2) is 0 Å². The maximum absolute atomic E-state index is 8.69. The Morgan fingerprint density at radius 3 is 1.20 bits per heavy atom. The van der Waals surface area contributed by atoms with E-state index in [1.54, 1.807) is 5.18 Å². The van der Waals surface area contributed by atoms with Gasteiger partial charge in [-0.3, -0.25) is 4.79 Å². The van der Waals surface area contributed by atoms with Gasteiger partial charge in [0.1, 0.15) is 0 Å². The van der Waals surface area contributed by atoms with Crippen molar-refractivity contribution in [3.05, 3.63) is 4.91 Å². The summed E-state index contributed by atoms with van der Waals surface area (Å²) in [6.45, 7) is 0. The SMILES string of the molecule is C1CCCCC1.O=CN=O. The predicted molar refractivity (Wildman–Crippen MR) is 39.6 cm³/mol. The number of carbonyl (C=O) groups is 1. The van der Waals surface area contributed by atoms with Crippen molar-refractivity contribution < 1.29 is 4.79 Å². The predicted octanol–water partition coefficient (Wildman–Crippen LogP) is 2.25. The van der Waals surface area contributed by atoms with Gasteiger partial charge in [-0.15, -0.1) is 4.91 Å². The first-order valence-corrected chi connectivity index (χ1v) is 3.68. The largest absolute Gasteiger partial charge is 0.274 e.